The molecule has 1 saturated heterocycles. The first-order valence-corrected chi connectivity index (χ1v) is 7.03. The number of ether oxygens (including phenoxy) is 1. The molecule has 0 unspecified atom stereocenters. The Morgan fingerprint density at radius 1 is 1.43 bits per heavy atom. The molecule has 0 saturated carbocycles. The fraction of sp³-hybridized carbons (Fsp3) is 0.467. The van der Waals surface area contributed by atoms with E-state index in [0.717, 1.165) is 5.56 Å². The molecule has 1 aromatic carbocycles. The van der Waals surface area contributed by atoms with E-state index in [1.165, 1.54) is 6.92 Å². The molecule has 2 atom stereocenters. The number of rotatable bonds is 4. The van der Waals surface area contributed by atoms with Crippen LogP contribution in [-0.4, -0.2) is 49.1 Å². The van der Waals surface area contributed by atoms with Crippen molar-refractivity contribution in [3.63, 3.8) is 0 Å². The molecule has 1 heterocycles. The second-order valence-corrected chi connectivity index (χ2v) is 5.10. The van der Waals surface area contributed by atoms with E-state index in [1.807, 2.05) is 30.3 Å². The lowest BCUT2D eigenvalue weighted by molar-refractivity contribution is -0.140. The zero-order valence-electron chi connectivity index (χ0n) is 12.1. The summed E-state index contributed by atoms with van der Waals surface area (Å²) in [6.45, 7) is 3.28. The monoisotopic (exact) mass is 291 g/mol. The SMILES string of the molecule is CC(=O)NC[C@@H]1CN(C(=O)[C@@H](N)c2ccccc2)CCO1. The van der Waals surface area contributed by atoms with Crippen molar-refractivity contribution in [1.29, 1.82) is 0 Å². The van der Waals surface area contributed by atoms with Crippen molar-refractivity contribution in [3.05, 3.63) is 35.9 Å². The van der Waals surface area contributed by atoms with E-state index < -0.39 is 6.04 Å². The summed E-state index contributed by atoms with van der Waals surface area (Å²) in [6, 6.07) is 8.64. The van der Waals surface area contributed by atoms with Crippen LogP contribution in [-0.2, 0) is 14.3 Å². The maximum absolute atomic E-state index is 12.4. The minimum absolute atomic E-state index is 0.108. The second kappa shape index (κ2) is 7.19. The third-order valence-electron chi connectivity index (χ3n) is 3.45. The van der Waals surface area contributed by atoms with Crippen LogP contribution in [0.2, 0.25) is 0 Å². The lowest BCUT2D eigenvalue weighted by Gasteiger charge is -2.34. The van der Waals surface area contributed by atoms with Gasteiger partial charge in [-0.25, -0.2) is 0 Å². The predicted molar refractivity (Wildman–Crippen MR) is 78.4 cm³/mol. The molecule has 0 aromatic heterocycles. The minimum atomic E-state index is -0.661. The molecule has 0 spiro atoms. The summed E-state index contributed by atoms with van der Waals surface area (Å²) < 4.78 is 5.54. The minimum Gasteiger partial charge on any atom is -0.373 e. The lowest BCUT2D eigenvalue weighted by atomic mass is 10.1. The molecule has 2 rings (SSSR count). The van der Waals surface area contributed by atoms with Crippen molar-refractivity contribution in [2.75, 3.05) is 26.2 Å². The van der Waals surface area contributed by atoms with Gasteiger partial charge in [0.05, 0.1) is 12.7 Å². The number of carbonyl (C=O) groups is 2. The summed E-state index contributed by atoms with van der Waals surface area (Å²) in [5.74, 6) is -0.222. The van der Waals surface area contributed by atoms with E-state index >= 15 is 0 Å². The Kier molecular flexibility index (Phi) is 5.30. The van der Waals surface area contributed by atoms with Crippen LogP contribution in [0.1, 0.15) is 18.5 Å². The van der Waals surface area contributed by atoms with Crippen molar-refractivity contribution >= 4 is 11.8 Å². The van der Waals surface area contributed by atoms with E-state index in [2.05, 4.69) is 5.32 Å². The van der Waals surface area contributed by atoms with Gasteiger partial charge < -0.3 is 20.7 Å². The highest BCUT2D eigenvalue weighted by atomic mass is 16.5. The van der Waals surface area contributed by atoms with Gasteiger partial charge in [-0.1, -0.05) is 30.3 Å². The maximum Gasteiger partial charge on any atom is 0.244 e. The van der Waals surface area contributed by atoms with Gasteiger partial charge >= 0.3 is 0 Å². The molecule has 0 aliphatic carbocycles. The lowest BCUT2D eigenvalue weighted by Crippen LogP contribution is -2.51. The number of hydrogen-bond acceptors (Lipinski definition) is 4. The van der Waals surface area contributed by atoms with Gasteiger partial charge in [0.1, 0.15) is 6.04 Å². The third-order valence-corrected chi connectivity index (χ3v) is 3.45. The smallest absolute Gasteiger partial charge is 0.244 e. The van der Waals surface area contributed by atoms with Crippen LogP contribution in [0.5, 0.6) is 0 Å². The van der Waals surface area contributed by atoms with Crippen LogP contribution in [0.15, 0.2) is 30.3 Å². The Morgan fingerprint density at radius 2 is 2.14 bits per heavy atom. The third kappa shape index (κ3) is 4.27. The standard InChI is InChI=1S/C15H21N3O3/c1-11(19)17-9-13-10-18(7-8-21-13)15(20)14(16)12-5-3-2-4-6-12/h2-6,13-14H,7-10,16H2,1H3,(H,17,19)/t13-,14+/m1/s1. The van der Waals surface area contributed by atoms with E-state index in [0.29, 0.717) is 26.2 Å². The molecule has 1 aromatic rings. The number of nitrogens with two attached hydrogens (primary N) is 1. The van der Waals surface area contributed by atoms with Gasteiger partial charge in [0, 0.05) is 26.6 Å². The van der Waals surface area contributed by atoms with Crippen LogP contribution in [0.3, 0.4) is 0 Å². The van der Waals surface area contributed by atoms with Crippen molar-refractivity contribution in [1.82, 2.24) is 10.2 Å². The molecule has 6 nitrogen and oxygen atoms in total. The Labute approximate surface area is 124 Å². The summed E-state index contributed by atoms with van der Waals surface area (Å²) in [6.07, 6.45) is -0.186. The van der Waals surface area contributed by atoms with Crippen LogP contribution < -0.4 is 11.1 Å². The molecule has 1 aliphatic rings. The van der Waals surface area contributed by atoms with Gasteiger partial charge in [0.25, 0.3) is 0 Å². The molecule has 1 fully saturated rings. The van der Waals surface area contributed by atoms with Gasteiger partial charge in [0.2, 0.25) is 11.8 Å². The number of morpholine rings is 1. The molecule has 0 bridgehead atoms. The molecule has 21 heavy (non-hydrogen) atoms. The average molecular weight is 291 g/mol. The Bertz CT molecular complexity index is 492. The number of carbonyl (C=O) groups excluding carboxylic acids is 2. The predicted octanol–water partition coefficient (Wildman–Crippen LogP) is 0.0499. The van der Waals surface area contributed by atoms with Gasteiger partial charge in [-0.05, 0) is 5.56 Å². The van der Waals surface area contributed by atoms with Crippen LogP contribution in [0.4, 0.5) is 0 Å². The number of amides is 2. The first-order chi connectivity index (χ1) is 10.1. The highest BCUT2D eigenvalue weighted by Gasteiger charge is 2.28. The Hall–Kier alpha value is -1.92. The van der Waals surface area contributed by atoms with Crippen molar-refractivity contribution in [3.8, 4) is 0 Å². The summed E-state index contributed by atoms with van der Waals surface area (Å²) in [5, 5.41) is 2.70. The fourth-order valence-corrected chi connectivity index (χ4v) is 2.30. The number of nitrogens with zero attached hydrogens (tertiary/aromatic N) is 1. The summed E-state index contributed by atoms with van der Waals surface area (Å²) in [4.78, 5) is 25.1. The quantitative estimate of drug-likeness (QED) is 0.821. The average Bonchev–Trinajstić information content (AvgIpc) is 2.52. The molecular formula is C15H21N3O3. The van der Waals surface area contributed by atoms with Crippen LogP contribution in [0.25, 0.3) is 0 Å². The molecule has 114 valence electrons. The maximum atomic E-state index is 12.4. The van der Waals surface area contributed by atoms with E-state index in [4.69, 9.17) is 10.5 Å². The van der Waals surface area contributed by atoms with Crippen molar-refractivity contribution in [2.45, 2.75) is 19.1 Å². The van der Waals surface area contributed by atoms with Gasteiger partial charge in [-0.15, -0.1) is 0 Å². The summed E-state index contributed by atoms with van der Waals surface area (Å²) in [5.41, 5.74) is 6.83. The Morgan fingerprint density at radius 3 is 2.81 bits per heavy atom. The largest absolute Gasteiger partial charge is 0.373 e. The number of hydrogen-bond donors (Lipinski definition) is 2. The molecular weight excluding hydrogens is 270 g/mol. The highest BCUT2D eigenvalue weighted by Crippen LogP contribution is 2.15. The van der Waals surface area contributed by atoms with Crippen molar-refractivity contribution in [2.24, 2.45) is 5.73 Å². The van der Waals surface area contributed by atoms with Gasteiger partial charge in [0.15, 0.2) is 0 Å². The van der Waals surface area contributed by atoms with E-state index in [9.17, 15) is 9.59 Å². The summed E-state index contributed by atoms with van der Waals surface area (Å²) >= 11 is 0. The molecule has 3 N–H and O–H groups in total. The molecule has 2 amide bonds. The fourth-order valence-electron chi connectivity index (χ4n) is 2.30. The summed E-state index contributed by atoms with van der Waals surface area (Å²) in [7, 11) is 0. The molecule has 0 radical (unpaired) electrons. The second-order valence-electron chi connectivity index (χ2n) is 5.10. The topological polar surface area (TPSA) is 84.7 Å². The molecule has 1 aliphatic heterocycles. The number of nitrogens with one attached hydrogen (secondary N) is 1. The normalized spacial score (nSPS) is 19.9. The van der Waals surface area contributed by atoms with Crippen LogP contribution >= 0.6 is 0 Å². The van der Waals surface area contributed by atoms with Crippen LogP contribution in [0, 0.1) is 0 Å². The molecule has 6 heteroatoms. The van der Waals surface area contributed by atoms with Crippen molar-refractivity contribution < 1.29 is 14.3 Å². The zero-order valence-corrected chi connectivity index (χ0v) is 12.1. The van der Waals surface area contributed by atoms with E-state index in [-0.39, 0.29) is 17.9 Å². The number of benzene rings is 1. The first kappa shape index (κ1) is 15.5. The highest BCUT2D eigenvalue weighted by molar-refractivity contribution is 5.83. The zero-order chi connectivity index (χ0) is 15.2. The Balaban J connectivity index is 1.94. The van der Waals surface area contributed by atoms with Gasteiger partial charge in [-0.2, -0.15) is 0 Å². The van der Waals surface area contributed by atoms with Gasteiger partial charge in [-0.3, -0.25) is 9.59 Å². The van der Waals surface area contributed by atoms with E-state index in [1.54, 1.807) is 4.90 Å². The first-order valence-electron chi connectivity index (χ1n) is 7.03.